The van der Waals surface area contributed by atoms with Crippen molar-refractivity contribution >= 4 is 29.1 Å². The Kier molecular flexibility index (Phi) is 4.13. The lowest BCUT2D eigenvalue weighted by Crippen LogP contribution is -2.46. The van der Waals surface area contributed by atoms with Gasteiger partial charge in [0.05, 0.1) is 10.6 Å². The third-order valence-corrected chi connectivity index (χ3v) is 4.19. The molecular weight excluding hydrogens is 271 g/mol. The van der Waals surface area contributed by atoms with E-state index in [2.05, 4.69) is 18.8 Å². The third-order valence-electron chi connectivity index (χ3n) is 3.69. The van der Waals surface area contributed by atoms with Crippen molar-refractivity contribution in [1.82, 2.24) is 9.88 Å². The van der Waals surface area contributed by atoms with Crippen LogP contribution in [-0.4, -0.2) is 28.4 Å². The van der Waals surface area contributed by atoms with E-state index in [0.717, 1.165) is 19.4 Å². The van der Waals surface area contributed by atoms with Gasteiger partial charge in [-0.1, -0.05) is 30.1 Å². The first-order chi connectivity index (χ1) is 8.50. The summed E-state index contributed by atoms with van der Waals surface area (Å²) < 4.78 is 0. The molecule has 0 N–H and O–H groups in total. The lowest BCUT2D eigenvalue weighted by atomic mass is 9.91. The van der Waals surface area contributed by atoms with Crippen molar-refractivity contribution in [3.8, 4) is 0 Å². The van der Waals surface area contributed by atoms with Gasteiger partial charge >= 0.3 is 0 Å². The molecule has 98 valence electrons. The summed E-state index contributed by atoms with van der Waals surface area (Å²) in [5, 5.41) is 0.648. The fraction of sp³-hybridized carbons (Fsp3) is 0.538. The predicted octanol–water partition coefficient (Wildman–Crippen LogP) is 3.65. The summed E-state index contributed by atoms with van der Waals surface area (Å²) in [5.74, 6) is 0.460. The Hall–Kier alpha value is -0.800. The Labute approximate surface area is 117 Å². The number of hydrogen-bond donors (Lipinski definition) is 0. The van der Waals surface area contributed by atoms with Gasteiger partial charge in [0.1, 0.15) is 5.15 Å². The second kappa shape index (κ2) is 5.45. The topological polar surface area (TPSA) is 33.2 Å². The minimum absolute atomic E-state index is 0.0525. The molecule has 0 saturated carbocycles. The molecule has 2 atom stereocenters. The molecule has 0 aliphatic carbocycles. The summed E-state index contributed by atoms with van der Waals surface area (Å²) in [5.41, 5.74) is 0.442. The Morgan fingerprint density at radius 1 is 1.44 bits per heavy atom. The molecule has 1 aromatic heterocycles. The summed E-state index contributed by atoms with van der Waals surface area (Å²) in [7, 11) is 0. The second-order valence-electron chi connectivity index (χ2n) is 4.85. The highest BCUT2D eigenvalue weighted by Crippen LogP contribution is 2.27. The molecule has 2 rings (SSSR count). The highest BCUT2D eigenvalue weighted by Gasteiger charge is 2.30. The minimum atomic E-state index is -0.0525. The first kappa shape index (κ1) is 13.6. The van der Waals surface area contributed by atoms with Gasteiger partial charge in [0.15, 0.2) is 0 Å². The van der Waals surface area contributed by atoms with E-state index in [1.54, 1.807) is 0 Å². The zero-order valence-corrected chi connectivity index (χ0v) is 12.0. The van der Waals surface area contributed by atoms with Crippen LogP contribution in [-0.2, 0) is 0 Å². The van der Waals surface area contributed by atoms with Crippen molar-refractivity contribution in [2.24, 2.45) is 5.92 Å². The maximum absolute atomic E-state index is 12.5. The molecule has 1 aliphatic heterocycles. The molecule has 0 radical (unpaired) electrons. The van der Waals surface area contributed by atoms with Gasteiger partial charge in [-0.3, -0.25) is 4.79 Å². The molecule has 1 saturated heterocycles. The maximum Gasteiger partial charge on any atom is 0.255 e. The average Bonchev–Trinajstić information content (AvgIpc) is 2.35. The normalized spacial score (nSPS) is 24.1. The zero-order chi connectivity index (χ0) is 13.3. The molecule has 1 aromatic rings. The Morgan fingerprint density at radius 2 is 2.17 bits per heavy atom. The fourth-order valence-corrected chi connectivity index (χ4v) is 2.70. The van der Waals surface area contributed by atoms with Crippen LogP contribution in [0.15, 0.2) is 12.3 Å². The number of halogens is 2. The van der Waals surface area contributed by atoms with E-state index in [1.165, 1.54) is 12.3 Å². The molecule has 5 heteroatoms. The van der Waals surface area contributed by atoms with Crippen molar-refractivity contribution in [3.63, 3.8) is 0 Å². The number of nitrogens with zero attached hydrogens (tertiary/aromatic N) is 2. The van der Waals surface area contributed by atoms with Crippen molar-refractivity contribution in [1.29, 1.82) is 0 Å². The van der Waals surface area contributed by atoms with Crippen LogP contribution < -0.4 is 0 Å². The quantitative estimate of drug-likeness (QED) is 0.739. The number of likely N-dealkylation sites (tertiary alicyclic amines) is 1. The largest absolute Gasteiger partial charge is 0.336 e. The van der Waals surface area contributed by atoms with E-state index in [4.69, 9.17) is 23.2 Å². The minimum Gasteiger partial charge on any atom is -0.336 e. The molecule has 2 heterocycles. The van der Waals surface area contributed by atoms with Crippen LogP contribution in [0.1, 0.15) is 37.0 Å². The fourth-order valence-electron chi connectivity index (χ4n) is 2.35. The van der Waals surface area contributed by atoms with Gasteiger partial charge < -0.3 is 4.90 Å². The van der Waals surface area contributed by atoms with Crippen LogP contribution >= 0.6 is 23.2 Å². The Bertz CT molecular complexity index is 464. The third kappa shape index (κ3) is 2.62. The second-order valence-corrected chi connectivity index (χ2v) is 5.64. The standard InChI is InChI=1S/C13H16Cl2N2O/c1-8-4-3-5-17(9(8)2)13(18)10-6-12(15)16-7-11(10)14/h6-9H,3-5H2,1-2H3. The van der Waals surface area contributed by atoms with Crippen LogP contribution in [0.3, 0.4) is 0 Å². The van der Waals surface area contributed by atoms with Crippen molar-refractivity contribution in [2.45, 2.75) is 32.7 Å². The molecule has 2 unspecified atom stereocenters. The van der Waals surface area contributed by atoms with E-state index >= 15 is 0 Å². The van der Waals surface area contributed by atoms with Crippen molar-refractivity contribution < 1.29 is 4.79 Å². The average molecular weight is 287 g/mol. The number of rotatable bonds is 1. The van der Waals surface area contributed by atoms with Crippen molar-refractivity contribution in [2.75, 3.05) is 6.54 Å². The molecule has 18 heavy (non-hydrogen) atoms. The summed E-state index contributed by atoms with van der Waals surface area (Å²) in [4.78, 5) is 18.2. The molecule has 1 aliphatic rings. The van der Waals surface area contributed by atoms with E-state index in [9.17, 15) is 4.79 Å². The molecule has 1 amide bonds. The summed E-state index contributed by atoms with van der Waals surface area (Å²) in [6.45, 7) is 5.03. The van der Waals surface area contributed by atoms with Crippen LogP contribution in [0.2, 0.25) is 10.2 Å². The molecular formula is C13H16Cl2N2O. The monoisotopic (exact) mass is 286 g/mol. The summed E-state index contributed by atoms with van der Waals surface area (Å²) in [6, 6.07) is 1.77. The van der Waals surface area contributed by atoms with E-state index in [-0.39, 0.29) is 11.9 Å². The number of piperidine rings is 1. The van der Waals surface area contributed by atoms with E-state index < -0.39 is 0 Å². The number of hydrogen-bond acceptors (Lipinski definition) is 2. The Balaban J connectivity index is 2.27. The molecule has 3 nitrogen and oxygen atoms in total. The van der Waals surface area contributed by atoms with Gasteiger partial charge in [-0.05, 0) is 31.7 Å². The van der Waals surface area contributed by atoms with Crippen LogP contribution in [0.5, 0.6) is 0 Å². The summed E-state index contributed by atoms with van der Waals surface area (Å²) >= 11 is 11.9. The summed E-state index contributed by atoms with van der Waals surface area (Å²) in [6.07, 6.45) is 3.62. The molecule has 0 spiro atoms. The molecule has 1 fully saturated rings. The lowest BCUT2D eigenvalue weighted by molar-refractivity contribution is 0.0551. The van der Waals surface area contributed by atoms with Gasteiger partial charge in [0.2, 0.25) is 0 Å². The van der Waals surface area contributed by atoms with Crippen LogP contribution in [0, 0.1) is 5.92 Å². The first-order valence-electron chi connectivity index (χ1n) is 6.12. The van der Waals surface area contributed by atoms with Crippen molar-refractivity contribution in [3.05, 3.63) is 28.0 Å². The van der Waals surface area contributed by atoms with Gasteiger partial charge in [0.25, 0.3) is 5.91 Å². The number of amides is 1. The van der Waals surface area contributed by atoms with Gasteiger partial charge in [-0.25, -0.2) is 4.98 Å². The molecule has 0 bridgehead atoms. The van der Waals surface area contributed by atoms with Gasteiger partial charge in [0, 0.05) is 18.8 Å². The number of carbonyl (C=O) groups is 1. The SMILES string of the molecule is CC1CCCN(C(=O)c2cc(Cl)ncc2Cl)C1C. The maximum atomic E-state index is 12.5. The smallest absolute Gasteiger partial charge is 0.255 e. The van der Waals surface area contributed by atoms with E-state index in [0.29, 0.717) is 21.7 Å². The van der Waals surface area contributed by atoms with E-state index in [1.807, 2.05) is 4.90 Å². The highest BCUT2D eigenvalue weighted by atomic mass is 35.5. The molecule has 0 aromatic carbocycles. The first-order valence-corrected chi connectivity index (χ1v) is 6.88. The number of aromatic nitrogens is 1. The van der Waals surface area contributed by atoms with Crippen LogP contribution in [0.25, 0.3) is 0 Å². The predicted molar refractivity (Wildman–Crippen MR) is 73.2 cm³/mol. The van der Waals surface area contributed by atoms with Gasteiger partial charge in [-0.2, -0.15) is 0 Å². The van der Waals surface area contributed by atoms with Gasteiger partial charge in [-0.15, -0.1) is 0 Å². The lowest BCUT2D eigenvalue weighted by Gasteiger charge is -2.38. The number of carbonyl (C=O) groups excluding carboxylic acids is 1. The Morgan fingerprint density at radius 3 is 2.89 bits per heavy atom. The highest BCUT2D eigenvalue weighted by molar-refractivity contribution is 6.35. The zero-order valence-electron chi connectivity index (χ0n) is 10.5. The van der Waals surface area contributed by atoms with Crippen LogP contribution in [0.4, 0.5) is 0 Å². The number of pyridine rings is 1.